The van der Waals surface area contributed by atoms with Crippen molar-refractivity contribution in [1.29, 1.82) is 0 Å². The summed E-state index contributed by atoms with van der Waals surface area (Å²) in [5.41, 5.74) is 0. The molecule has 94 valence electrons. The Kier molecular flexibility index (Phi) is 5.22. The first-order valence-electron chi connectivity index (χ1n) is 6.19. The Hall–Kier alpha value is -0.610. The summed E-state index contributed by atoms with van der Waals surface area (Å²) in [6.45, 7) is 6.97. The number of amides is 1. The largest absolute Gasteiger partial charge is 0.392 e. The Bertz CT molecular complexity index is 227. The molecule has 4 nitrogen and oxygen atoms in total. The summed E-state index contributed by atoms with van der Waals surface area (Å²) in [6.07, 6.45) is 1.97. The molecule has 4 heteroatoms. The molecule has 1 amide bonds. The van der Waals surface area contributed by atoms with E-state index in [0.29, 0.717) is 24.9 Å². The van der Waals surface area contributed by atoms with E-state index in [0.717, 1.165) is 12.8 Å². The molecular formula is C12H24N2O2. The molecule has 0 bridgehead atoms. The smallest absolute Gasteiger partial charge is 0.234 e. The Morgan fingerprint density at radius 1 is 1.38 bits per heavy atom. The topological polar surface area (TPSA) is 61.4 Å². The standard InChI is InChI=1S/C12H24N2O2/c1-8(2)9(3)14-12(16)7-13-6-11(15)10-4-5-10/h8-11,13,15H,4-7H2,1-3H3,(H,14,16). The highest BCUT2D eigenvalue weighted by Crippen LogP contribution is 2.32. The summed E-state index contributed by atoms with van der Waals surface area (Å²) < 4.78 is 0. The Balaban J connectivity index is 2.05. The van der Waals surface area contributed by atoms with Crippen molar-refractivity contribution in [2.24, 2.45) is 11.8 Å². The predicted octanol–water partition coefficient (Wildman–Crippen LogP) is 0.508. The fourth-order valence-corrected chi connectivity index (χ4v) is 1.45. The van der Waals surface area contributed by atoms with Crippen molar-refractivity contribution in [3.8, 4) is 0 Å². The van der Waals surface area contributed by atoms with Gasteiger partial charge in [-0.15, -0.1) is 0 Å². The number of hydrogen-bond acceptors (Lipinski definition) is 3. The van der Waals surface area contributed by atoms with Crippen LogP contribution in [0.25, 0.3) is 0 Å². The summed E-state index contributed by atoms with van der Waals surface area (Å²) in [7, 11) is 0. The Morgan fingerprint density at radius 2 is 2.00 bits per heavy atom. The quantitative estimate of drug-likeness (QED) is 0.595. The molecule has 1 fully saturated rings. The second-order valence-corrected chi connectivity index (χ2v) is 5.14. The molecule has 1 aliphatic rings. The van der Waals surface area contributed by atoms with Crippen molar-refractivity contribution in [1.82, 2.24) is 10.6 Å². The predicted molar refractivity (Wildman–Crippen MR) is 64.0 cm³/mol. The molecule has 1 rings (SSSR count). The normalized spacial score (nSPS) is 19.6. The highest BCUT2D eigenvalue weighted by Gasteiger charge is 2.29. The van der Waals surface area contributed by atoms with Crippen molar-refractivity contribution in [3.63, 3.8) is 0 Å². The number of aliphatic hydroxyl groups excluding tert-OH is 1. The average molecular weight is 228 g/mol. The molecule has 0 heterocycles. The second kappa shape index (κ2) is 6.21. The molecule has 0 radical (unpaired) electrons. The van der Waals surface area contributed by atoms with Crippen LogP contribution in [0, 0.1) is 11.8 Å². The van der Waals surface area contributed by atoms with Crippen LogP contribution in [0.2, 0.25) is 0 Å². The third-order valence-corrected chi connectivity index (χ3v) is 3.19. The van der Waals surface area contributed by atoms with E-state index >= 15 is 0 Å². The molecule has 0 spiro atoms. The van der Waals surface area contributed by atoms with Gasteiger partial charge < -0.3 is 15.7 Å². The van der Waals surface area contributed by atoms with Crippen molar-refractivity contribution in [2.75, 3.05) is 13.1 Å². The van der Waals surface area contributed by atoms with Crippen LogP contribution in [0.4, 0.5) is 0 Å². The van der Waals surface area contributed by atoms with E-state index in [4.69, 9.17) is 0 Å². The third kappa shape index (κ3) is 4.94. The number of aliphatic hydroxyl groups is 1. The first-order chi connectivity index (χ1) is 7.50. The van der Waals surface area contributed by atoms with Crippen LogP contribution in [-0.4, -0.2) is 36.2 Å². The number of nitrogens with one attached hydrogen (secondary N) is 2. The summed E-state index contributed by atoms with van der Waals surface area (Å²) in [5, 5.41) is 15.5. The SMILES string of the molecule is CC(C)C(C)NC(=O)CNCC(O)C1CC1. The molecule has 2 unspecified atom stereocenters. The minimum atomic E-state index is -0.282. The second-order valence-electron chi connectivity index (χ2n) is 5.14. The van der Waals surface area contributed by atoms with E-state index in [2.05, 4.69) is 24.5 Å². The fourth-order valence-electron chi connectivity index (χ4n) is 1.45. The maximum absolute atomic E-state index is 11.5. The lowest BCUT2D eigenvalue weighted by Gasteiger charge is -2.18. The molecule has 0 aromatic carbocycles. The molecule has 0 aromatic heterocycles. The van der Waals surface area contributed by atoms with E-state index < -0.39 is 0 Å². The molecule has 16 heavy (non-hydrogen) atoms. The van der Waals surface area contributed by atoms with Gasteiger partial charge in [0.05, 0.1) is 12.6 Å². The van der Waals surface area contributed by atoms with Crippen LogP contribution in [0.3, 0.4) is 0 Å². The maximum Gasteiger partial charge on any atom is 0.234 e. The summed E-state index contributed by atoms with van der Waals surface area (Å²) in [5.74, 6) is 0.912. The van der Waals surface area contributed by atoms with Gasteiger partial charge in [-0.3, -0.25) is 4.79 Å². The Labute approximate surface area is 97.8 Å². The monoisotopic (exact) mass is 228 g/mol. The zero-order valence-electron chi connectivity index (χ0n) is 10.5. The van der Waals surface area contributed by atoms with Crippen LogP contribution in [-0.2, 0) is 4.79 Å². The van der Waals surface area contributed by atoms with Gasteiger partial charge in [0.25, 0.3) is 0 Å². The highest BCUT2D eigenvalue weighted by atomic mass is 16.3. The molecule has 1 aliphatic carbocycles. The minimum absolute atomic E-state index is 0.00389. The first-order valence-corrected chi connectivity index (χ1v) is 6.19. The number of carbonyl (C=O) groups is 1. The van der Waals surface area contributed by atoms with Crippen molar-refractivity contribution >= 4 is 5.91 Å². The molecule has 0 saturated heterocycles. The van der Waals surface area contributed by atoms with Gasteiger partial charge in [0, 0.05) is 12.6 Å². The van der Waals surface area contributed by atoms with Gasteiger partial charge in [-0.25, -0.2) is 0 Å². The number of hydrogen-bond donors (Lipinski definition) is 3. The van der Waals surface area contributed by atoms with Crippen LogP contribution in [0.1, 0.15) is 33.6 Å². The molecule has 0 aromatic rings. The summed E-state index contributed by atoms with van der Waals surface area (Å²) >= 11 is 0. The number of carbonyl (C=O) groups excluding carboxylic acids is 1. The lowest BCUT2D eigenvalue weighted by atomic mass is 10.1. The van der Waals surface area contributed by atoms with Crippen LogP contribution in [0.15, 0.2) is 0 Å². The molecule has 2 atom stereocenters. The third-order valence-electron chi connectivity index (χ3n) is 3.19. The Morgan fingerprint density at radius 3 is 2.50 bits per heavy atom. The van der Waals surface area contributed by atoms with Crippen molar-refractivity contribution < 1.29 is 9.90 Å². The van der Waals surface area contributed by atoms with E-state index in [1.54, 1.807) is 0 Å². The van der Waals surface area contributed by atoms with Crippen LogP contribution < -0.4 is 10.6 Å². The molecular weight excluding hydrogens is 204 g/mol. The van der Waals surface area contributed by atoms with Gasteiger partial charge in [0.1, 0.15) is 0 Å². The highest BCUT2D eigenvalue weighted by molar-refractivity contribution is 5.78. The zero-order valence-corrected chi connectivity index (χ0v) is 10.5. The fraction of sp³-hybridized carbons (Fsp3) is 0.917. The van der Waals surface area contributed by atoms with Gasteiger partial charge >= 0.3 is 0 Å². The average Bonchev–Trinajstić information content (AvgIpc) is 3.00. The van der Waals surface area contributed by atoms with Gasteiger partial charge in [0.2, 0.25) is 5.91 Å². The van der Waals surface area contributed by atoms with E-state index in [9.17, 15) is 9.90 Å². The lowest BCUT2D eigenvalue weighted by Crippen LogP contribution is -2.42. The van der Waals surface area contributed by atoms with E-state index in [1.165, 1.54) is 0 Å². The lowest BCUT2D eigenvalue weighted by molar-refractivity contribution is -0.121. The molecule has 3 N–H and O–H groups in total. The summed E-state index contributed by atoms with van der Waals surface area (Å²) in [4.78, 5) is 11.5. The molecule has 1 saturated carbocycles. The van der Waals surface area contributed by atoms with Crippen LogP contribution >= 0.6 is 0 Å². The summed E-state index contributed by atoms with van der Waals surface area (Å²) in [6, 6.07) is 0.197. The zero-order chi connectivity index (χ0) is 12.1. The number of rotatable bonds is 7. The van der Waals surface area contributed by atoms with Gasteiger partial charge in [-0.1, -0.05) is 13.8 Å². The van der Waals surface area contributed by atoms with E-state index in [-0.39, 0.29) is 18.1 Å². The van der Waals surface area contributed by atoms with Gasteiger partial charge in [-0.2, -0.15) is 0 Å². The first kappa shape index (κ1) is 13.5. The van der Waals surface area contributed by atoms with Crippen molar-refractivity contribution in [3.05, 3.63) is 0 Å². The van der Waals surface area contributed by atoms with E-state index in [1.807, 2.05) is 6.92 Å². The van der Waals surface area contributed by atoms with Crippen LogP contribution in [0.5, 0.6) is 0 Å². The van der Waals surface area contributed by atoms with Crippen molar-refractivity contribution in [2.45, 2.75) is 45.8 Å². The molecule has 0 aliphatic heterocycles. The maximum atomic E-state index is 11.5. The van der Waals surface area contributed by atoms with Gasteiger partial charge in [0.15, 0.2) is 0 Å². The minimum Gasteiger partial charge on any atom is -0.392 e. The van der Waals surface area contributed by atoms with Gasteiger partial charge in [-0.05, 0) is 31.6 Å².